The molecule has 1 aromatic heterocycles. The first kappa shape index (κ1) is 25.4. The summed E-state index contributed by atoms with van der Waals surface area (Å²) < 4.78 is 0. The molecule has 2 amide bonds. The van der Waals surface area contributed by atoms with Gasteiger partial charge >= 0.3 is 0 Å². The van der Waals surface area contributed by atoms with E-state index < -0.39 is 11.1 Å². The third-order valence-corrected chi connectivity index (χ3v) is 7.69. The number of hydrogen-bond acceptors (Lipinski definition) is 4. The highest BCUT2D eigenvalue weighted by atomic mass is 16.3. The summed E-state index contributed by atoms with van der Waals surface area (Å²) in [6.45, 7) is 9.30. The first-order valence-corrected chi connectivity index (χ1v) is 12.9. The van der Waals surface area contributed by atoms with Crippen LogP contribution in [0.1, 0.15) is 89.0 Å². The molecule has 4 rings (SSSR count). The molecule has 1 aromatic rings. The molecule has 2 heterocycles. The Morgan fingerprint density at radius 2 is 1.94 bits per heavy atom. The van der Waals surface area contributed by atoms with Crippen molar-refractivity contribution in [3.63, 3.8) is 0 Å². The summed E-state index contributed by atoms with van der Waals surface area (Å²) in [6, 6.07) is 0. The van der Waals surface area contributed by atoms with Gasteiger partial charge in [-0.3, -0.25) is 15.0 Å². The van der Waals surface area contributed by atoms with Crippen LogP contribution >= 0.6 is 0 Å². The van der Waals surface area contributed by atoms with E-state index in [9.17, 15) is 14.7 Å². The molecule has 2 aliphatic carbocycles. The van der Waals surface area contributed by atoms with Gasteiger partial charge < -0.3 is 19.9 Å². The lowest BCUT2D eigenvalue weighted by atomic mass is 9.78. The number of hydrogen-bond donors (Lipinski definition) is 3. The second-order valence-electron chi connectivity index (χ2n) is 11.2. The predicted molar refractivity (Wildman–Crippen MR) is 135 cm³/mol. The zero-order valence-corrected chi connectivity index (χ0v) is 21.6. The van der Waals surface area contributed by atoms with Gasteiger partial charge in [0, 0.05) is 36.9 Å². The summed E-state index contributed by atoms with van der Waals surface area (Å²) in [5, 5.41) is 16.9. The quantitative estimate of drug-likeness (QED) is 0.539. The second kappa shape index (κ2) is 9.72. The largest absolute Gasteiger partial charge is 0.380 e. The number of nitrogens with two attached hydrogens (primary N) is 1. The van der Waals surface area contributed by atoms with Crippen LogP contribution in [0.4, 0.5) is 0 Å². The highest BCUT2D eigenvalue weighted by Gasteiger charge is 2.48. The van der Waals surface area contributed by atoms with Crippen LogP contribution in [0.3, 0.4) is 0 Å². The van der Waals surface area contributed by atoms with Gasteiger partial charge in [-0.15, -0.1) is 0 Å². The molecule has 0 unspecified atom stereocenters. The van der Waals surface area contributed by atoms with Gasteiger partial charge in [-0.05, 0) is 64.7 Å². The molecule has 0 spiro atoms. The Bertz CT molecular complexity index is 1060. The molecule has 2 fully saturated rings. The molecule has 8 nitrogen and oxygen atoms in total. The average Bonchev–Trinajstić information content (AvgIpc) is 3.29. The predicted octanol–water partition coefficient (Wildman–Crippen LogP) is 2.13. The van der Waals surface area contributed by atoms with Crippen LogP contribution in [-0.4, -0.2) is 73.2 Å². The Balaban J connectivity index is 1.49. The van der Waals surface area contributed by atoms with Crippen LogP contribution < -0.4 is 5.41 Å². The highest BCUT2D eigenvalue weighted by molar-refractivity contribution is 6.08. The number of rotatable bonds is 6. The molecule has 190 valence electrons. The minimum Gasteiger partial charge on any atom is -0.380 e. The minimum atomic E-state index is -1.22. The molecule has 8 heteroatoms. The number of nitrogens with one attached hydrogen (secondary N) is 1. The van der Waals surface area contributed by atoms with Crippen molar-refractivity contribution in [2.45, 2.75) is 83.8 Å². The number of imidazole rings is 1. The molecule has 3 aliphatic rings. The van der Waals surface area contributed by atoms with E-state index in [1.54, 1.807) is 16.0 Å². The molecule has 35 heavy (non-hydrogen) atoms. The Labute approximate surface area is 208 Å². The third-order valence-electron chi connectivity index (χ3n) is 7.69. The van der Waals surface area contributed by atoms with Crippen LogP contribution in [0.2, 0.25) is 0 Å². The molecule has 1 saturated carbocycles. The van der Waals surface area contributed by atoms with E-state index in [4.69, 9.17) is 5.41 Å². The summed E-state index contributed by atoms with van der Waals surface area (Å²) in [5.74, 6) is 0.483. The Morgan fingerprint density at radius 1 is 1.20 bits per heavy atom. The van der Waals surface area contributed by atoms with Gasteiger partial charge in [0.15, 0.2) is 5.71 Å². The number of piperazine rings is 1. The maximum Gasteiger partial charge on any atom is 0.272 e. The number of amides is 2. The van der Waals surface area contributed by atoms with Crippen molar-refractivity contribution in [1.82, 2.24) is 19.8 Å². The van der Waals surface area contributed by atoms with Crippen molar-refractivity contribution in [2.75, 3.05) is 19.6 Å². The van der Waals surface area contributed by atoms with Crippen LogP contribution in [0, 0.1) is 5.92 Å². The van der Waals surface area contributed by atoms with Crippen molar-refractivity contribution >= 4 is 23.1 Å². The third kappa shape index (κ3) is 5.13. The smallest absolute Gasteiger partial charge is 0.272 e. The topological polar surface area (TPSA) is 115 Å². The summed E-state index contributed by atoms with van der Waals surface area (Å²) in [5.41, 5.74) is 1.57. The summed E-state index contributed by atoms with van der Waals surface area (Å²) >= 11 is 0. The first-order valence-electron chi connectivity index (χ1n) is 12.9. The fourth-order valence-electron chi connectivity index (χ4n) is 5.32. The fourth-order valence-corrected chi connectivity index (χ4v) is 5.32. The van der Waals surface area contributed by atoms with Gasteiger partial charge in [0.2, 0.25) is 0 Å². The van der Waals surface area contributed by atoms with E-state index in [1.165, 1.54) is 12.0 Å². The van der Waals surface area contributed by atoms with E-state index in [0.717, 1.165) is 37.0 Å². The minimum absolute atomic E-state index is 0.141. The molecule has 0 bridgehead atoms. The van der Waals surface area contributed by atoms with Gasteiger partial charge in [-0.25, -0.2) is 4.98 Å². The van der Waals surface area contributed by atoms with Gasteiger partial charge in [-0.2, -0.15) is 0 Å². The molecule has 4 N–H and O–H groups in total. The van der Waals surface area contributed by atoms with Crippen molar-refractivity contribution in [3.8, 4) is 0 Å². The summed E-state index contributed by atoms with van der Waals surface area (Å²) in [7, 11) is 0. The SMILES string of the molecule is CC(C)/C(=C/C(=[NH2+])C1=CCCCC1)c1ncc(C(=O)N2CCN(C(=O)C3(O)CCC3)CC2(C)C)[nH]1. The Morgan fingerprint density at radius 3 is 2.51 bits per heavy atom. The molecular formula is C27H40N5O3+. The molecular weight excluding hydrogens is 442 g/mol. The molecule has 1 aliphatic heterocycles. The maximum atomic E-state index is 13.5. The number of aromatic nitrogens is 2. The molecule has 0 atom stereocenters. The number of nitrogens with zero attached hydrogens (tertiary/aromatic N) is 3. The fraction of sp³-hybridized carbons (Fsp3) is 0.630. The van der Waals surface area contributed by atoms with Crippen molar-refractivity contribution in [1.29, 1.82) is 0 Å². The first-order chi connectivity index (χ1) is 16.5. The van der Waals surface area contributed by atoms with Crippen LogP contribution in [0.25, 0.3) is 5.57 Å². The average molecular weight is 483 g/mol. The lowest BCUT2D eigenvalue weighted by Gasteiger charge is -2.49. The van der Waals surface area contributed by atoms with Crippen molar-refractivity contribution < 1.29 is 20.1 Å². The van der Waals surface area contributed by atoms with E-state index >= 15 is 0 Å². The number of carbonyl (C=O) groups is 2. The number of H-pyrrole nitrogens is 1. The van der Waals surface area contributed by atoms with Crippen LogP contribution in [-0.2, 0) is 4.79 Å². The van der Waals surface area contributed by atoms with Crippen molar-refractivity contribution in [3.05, 3.63) is 35.4 Å². The lowest BCUT2D eigenvalue weighted by molar-refractivity contribution is -0.164. The van der Waals surface area contributed by atoms with E-state index in [2.05, 4.69) is 29.9 Å². The Hall–Kier alpha value is -2.74. The zero-order valence-electron chi connectivity index (χ0n) is 21.6. The van der Waals surface area contributed by atoms with Gasteiger partial charge in [0.05, 0.1) is 11.7 Å². The summed E-state index contributed by atoms with van der Waals surface area (Å²) in [4.78, 5) is 37.6. The number of aliphatic hydroxyl groups is 1. The van der Waals surface area contributed by atoms with Crippen LogP contribution in [0.5, 0.6) is 0 Å². The molecule has 0 aromatic carbocycles. The Kier molecular flexibility index (Phi) is 7.04. The molecule has 1 saturated heterocycles. The second-order valence-corrected chi connectivity index (χ2v) is 11.2. The summed E-state index contributed by atoms with van der Waals surface area (Å²) in [6.07, 6.45) is 12.2. The normalized spacial score (nSPS) is 22.0. The number of allylic oxidation sites excluding steroid dienone is 4. The number of carbonyl (C=O) groups excluding carboxylic acids is 2. The van der Waals surface area contributed by atoms with E-state index in [-0.39, 0.29) is 17.7 Å². The lowest BCUT2D eigenvalue weighted by Crippen LogP contribution is -2.65. The van der Waals surface area contributed by atoms with E-state index in [0.29, 0.717) is 44.0 Å². The highest BCUT2D eigenvalue weighted by Crippen LogP contribution is 2.35. The molecule has 0 radical (unpaired) electrons. The van der Waals surface area contributed by atoms with Crippen LogP contribution in [0.15, 0.2) is 23.9 Å². The maximum absolute atomic E-state index is 13.5. The van der Waals surface area contributed by atoms with Gasteiger partial charge in [0.25, 0.3) is 11.8 Å². The van der Waals surface area contributed by atoms with Gasteiger partial charge in [0.1, 0.15) is 17.1 Å². The van der Waals surface area contributed by atoms with Crippen molar-refractivity contribution in [2.24, 2.45) is 5.92 Å². The number of aromatic amines is 1. The monoisotopic (exact) mass is 482 g/mol. The van der Waals surface area contributed by atoms with Gasteiger partial charge in [-0.1, -0.05) is 19.9 Å². The standard InChI is InChI=1S/C27H39N5O3/c1-18(2)20(15-21(28)19-9-6-5-7-10-19)23-29-16-22(30-23)24(33)32-14-13-31(17-26(32,3)4)25(34)27(35)11-8-12-27/h9,15-16,18,28,35H,5-8,10-14,17H2,1-4H3,(H,29,30)/p+1/b20-15-,28-21?. The zero-order chi connectivity index (χ0) is 25.4. The van der Waals surface area contributed by atoms with E-state index in [1.807, 2.05) is 19.9 Å².